The van der Waals surface area contributed by atoms with Crippen LogP contribution in [-0.4, -0.2) is 39.9 Å². The third-order valence-electron chi connectivity index (χ3n) is 6.23. The molecule has 0 aliphatic carbocycles. The number of hydrogen-bond acceptors (Lipinski definition) is 5. The van der Waals surface area contributed by atoms with E-state index in [0.717, 1.165) is 5.56 Å². The van der Waals surface area contributed by atoms with Crippen LogP contribution in [0.5, 0.6) is 11.5 Å². The van der Waals surface area contributed by atoms with Crippen molar-refractivity contribution in [2.24, 2.45) is 5.92 Å². The van der Waals surface area contributed by atoms with Crippen LogP contribution in [0, 0.1) is 5.92 Å². The van der Waals surface area contributed by atoms with Crippen LogP contribution < -0.4 is 14.8 Å². The Hall–Kier alpha value is -4.30. The second-order valence-electron chi connectivity index (χ2n) is 9.81. The number of carboxylic acids is 1. The summed E-state index contributed by atoms with van der Waals surface area (Å²) in [5.74, 6) is -0.162. The smallest absolute Gasteiger partial charge is 0.305 e. The van der Waals surface area contributed by atoms with Crippen molar-refractivity contribution in [1.82, 2.24) is 15.1 Å². The summed E-state index contributed by atoms with van der Waals surface area (Å²) in [5, 5.41) is 17.4. The zero-order valence-electron chi connectivity index (χ0n) is 22.6. The molecular weight excluding hydrogens is 530 g/mol. The topological polar surface area (TPSA) is 103 Å². The van der Waals surface area contributed by atoms with E-state index in [1.165, 1.54) is 0 Å². The van der Waals surface area contributed by atoms with E-state index in [1.807, 2.05) is 62.4 Å². The maximum Gasteiger partial charge on any atom is 0.305 e. The Morgan fingerprint density at radius 3 is 2.35 bits per heavy atom. The Morgan fingerprint density at radius 2 is 1.70 bits per heavy atom. The number of nitrogens with zero attached hydrogens (tertiary/aromatic N) is 2. The predicted octanol–water partition coefficient (Wildman–Crippen LogP) is 6.40. The molecule has 2 N–H and O–H groups in total. The Bertz CT molecular complexity index is 1450. The average Bonchev–Trinajstić information content (AvgIpc) is 3.37. The van der Waals surface area contributed by atoms with Crippen molar-refractivity contribution < 1.29 is 24.2 Å². The van der Waals surface area contributed by atoms with E-state index in [2.05, 4.69) is 10.4 Å². The number of ether oxygens (including phenoxy) is 2. The standard InChI is InChI=1S/C31H32ClN3O5/c1-20(2)16-23(17-29(36)37)33-31(38)25-18-26(35(34-25)24-14-12-22(32)13-15-24)30-27(39-3)10-7-11-28(30)40-19-21-8-5-4-6-9-21/h4-15,18,20,23H,16-17,19H2,1-3H3,(H,33,38)(H,36,37)/t23-/m0/s1. The fourth-order valence-corrected chi connectivity index (χ4v) is 4.60. The van der Waals surface area contributed by atoms with E-state index in [4.69, 9.17) is 21.1 Å². The Balaban J connectivity index is 1.78. The number of carboxylic acid groups (broad SMARTS) is 1. The molecule has 4 aromatic rings. The van der Waals surface area contributed by atoms with Gasteiger partial charge in [-0.15, -0.1) is 0 Å². The molecule has 0 radical (unpaired) electrons. The van der Waals surface area contributed by atoms with Crippen molar-refractivity contribution in [3.8, 4) is 28.4 Å². The molecule has 0 unspecified atom stereocenters. The number of aliphatic carboxylic acids is 1. The van der Waals surface area contributed by atoms with Gasteiger partial charge in [0.2, 0.25) is 0 Å². The summed E-state index contributed by atoms with van der Waals surface area (Å²) in [6.07, 6.45) is 0.339. The molecule has 0 bridgehead atoms. The molecule has 9 heteroatoms. The first kappa shape index (κ1) is 28.7. The fraction of sp³-hybridized carbons (Fsp3) is 0.258. The van der Waals surface area contributed by atoms with Gasteiger partial charge in [0.25, 0.3) is 5.91 Å². The van der Waals surface area contributed by atoms with E-state index in [9.17, 15) is 14.7 Å². The van der Waals surface area contributed by atoms with Crippen molar-refractivity contribution in [2.45, 2.75) is 39.3 Å². The molecule has 0 aliphatic heterocycles. The Labute approximate surface area is 238 Å². The number of benzene rings is 3. The van der Waals surface area contributed by atoms with Crippen LogP contribution >= 0.6 is 11.6 Å². The van der Waals surface area contributed by atoms with Gasteiger partial charge in [-0.25, -0.2) is 4.68 Å². The van der Waals surface area contributed by atoms with E-state index in [1.54, 1.807) is 42.1 Å². The van der Waals surface area contributed by atoms with Crippen LogP contribution in [0.25, 0.3) is 16.9 Å². The van der Waals surface area contributed by atoms with Crippen LogP contribution in [0.1, 0.15) is 42.7 Å². The number of nitrogens with one attached hydrogen (secondary N) is 1. The average molecular weight is 562 g/mol. The first-order chi connectivity index (χ1) is 19.2. The molecule has 0 aliphatic rings. The first-order valence-electron chi connectivity index (χ1n) is 13.0. The highest BCUT2D eigenvalue weighted by atomic mass is 35.5. The van der Waals surface area contributed by atoms with Crippen LogP contribution in [0.2, 0.25) is 5.02 Å². The second kappa shape index (κ2) is 13.2. The molecule has 1 atom stereocenters. The van der Waals surface area contributed by atoms with E-state index >= 15 is 0 Å². The molecule has 0 saturated carbocycles. The van der Waals surface area contributed by atoms with Gasteiger partial charge in [0.1, 0.15) is 18.1 Å². The third-order valence-corrected chi connectivity index (χ3v) is 6.48. The van der Waals surface area contributed by atoms with E-state index < -0.39 is 17.9 Å². The molecule has 0 saturated heterocycles. The minimum atomic E-state index is -0.979. The van der Waals surface area contributed by atoms with Crippen molar-refractivity contribution in [2.75, 3.05) is 7.11 Å². The molecular formula is C31H32ClN3O5. The highest BCUT2D eigenvalue weighted by Gasteiger charge is 2.25. The molecule has 1 aromatic heterocycles. The van der Waals surface area contributed by atoms with Gasteiger partial charge in [-0.1, -0.05) is 61.8 Å². The number of hydrogen-bond donors (Lipinski definition) is 2. The van der Waals surface area contributed by atoms with E-state index in [0.29, 0.717) is 46.5 Å². The monoisotopic (exact) mass is 561 g/mol. The Kier molecular flexibility index (Phi) is 9.45. The summed E-state index contributed by atoms with van der Waals surface area (Å²) in [7, 11) is 1.57. The van der Waals surface area contributed by atoms with Crippen molar-refractivity contribution in [3.63, 3.8) is 0 Å². The number of carbonyl (C=O) groups excluding carboxylic acids is 1. The lowest BCUT2D eigenvalue weighted by molar-refractivity contribution is -0.137. The van der Waals surface area contributed by atoms with Crippen LogP contribution in [0.15, 0.2) is 78.9 Å². The zero-order chi connectivity index (χ0) is 28.6. The summed E-state index contributed by atoms with van der Waals surface area (Å²) < 4.78 is 13.6. The summed E-state index contributed by atoms with van der Waals surface area (Å²) in [6.45, 7) is 4.29. The molecule has 8 nitrogen and oxygen atoms in total. The van der Waals surface area contributed by atoms with Crippen molar-refractivity contribution >= 4 is 23.5 Å². The third kappa shape index (κ3) is 7.21. The van der Waals surface area contributed by atoms with Gasteiger partial charge in [0.15, 0.2) is 5.69 Å². The number of carbonyl (C=O) groups is 2. The highest BCUT2D eigenvalue weighted by molar-refractivity contribution is 6.30. The van der Waals surface area contributed by atoms with Gasteiger partial charge in [0, 0.05) is 11.1 Å². The van der Waals surface area contributed by atoms with Gasteiger partial charge in [-0.3, -0.25) is 9.59 Å². The van der Waals surface area contributed by atoms with Gasteiger partial charge in [-0.2, -0.15) is 5.10 Å². The molecule has 0 spiro atoms. The molecule has 4 rings (SSSR count). The molecule has 1 heterocycles. The highest BCUT2D eigenvalue weighted by Crippen LogP contribution is 2.40. The maximum atomic E-state index is 13.4. The van der Waals surface area contributed by atoms with Gasteiger partial charge in [0.05, 0.1) is 30.5 Å². The molecule has 208 valence electrons. The summed E-state index contributed by atoms with van der Waals surface area (Å²) >= 11 is 6.14. The molecule has 0 fully saturated rings. The second-order valence-corrected chi connectivity index (χ2v) is 10.2. The summed E-state index contributed by atoms with van der Waals surface area (Å²) in [5.41, 5.74) is 2.97. The maximum absolute atomic E-state index is 13.4. The van der Waals surface area contributed by atoms with Gasteiger partial charge in [-0.05, 0) is 60.4 Å². The minimum absolute atomic E-state index is 0.129. The van der Waals surface area contributed by atoms with Gasteiger partial charge < -0.3 is 19.9 Å². The number of methoxy groups -OCH3 is 1. The van der Waals surface area contributed by atoms with Crippen molar-refractivity contribution in [1.29, 1.82) is 0 Å². The largest absolute Gasteiger partial charge is 0.496 e. The Morgan fingerprint density at radius 1 is 1.00 bits per heavy atom. The van der Waals surface area contributed by atoms with Crippen molar-refractivity contribution in [3.05, 3.63) is 95.1 Å². The summed E-state index contributed by atoms with van der Waals surface area (Å²) in [4.78, 5) is 24.8. The minimum Gasteiger partial charge on any atom is -0.496 e. The number of rotatable bonds is 12. The lowest BCUT2D eigenvalue weighted by Gasteiger charge is -2.18. The number of aromatic nitrogens is 2. The molecule has 3 aromatic carbocycles. The van der Waals surface area contributed by atoms with Crippen LogP contribution in [0.4, 0.5) is 0 Å². The van der Waals surface area contributed by atoms with Crippen LogP contribution in [0.3, 0.4) is 0 Å². The number of halogens is 1. The van der Waals surface area contributed by atoms with Gasteiger partial charge >= 0.3 is 5.97 Å². The zero-order valence-corrected chi connectivity index (χ0v) is 23.4. The fourth-order valence-electron chi connectivity index (χ4n) is 4.47. The van der Waals surface area contributed by atoms with Crippen LogP contribution in [-0.2, 0) is 11.4 Å². The predicted molar refractivity (Wildman–Crippen MR) is 154 cm³/mol. The quantitative estimate of drug-likeness (QED) is 0.207. The van der Waals surface area contributed by atoms with E-state index in [-0.39, 0.29) is 18.0 Å². The lowest BCUT2D eigenvalue weighted by atomic mass is 10.0. The first-order valence-corrected chi connectivity index (χ1v) is 13.4. The molecule has 40 heavy (non-hydrogen) atoms. The summed E-state index contributed by atoms with van der Waals surface area (Å²) in [6, 6.07) is 23.5. The lowest BCUT2D eigenvalue weighted by Crippen LogP contribution is -2.37. The normalized spacial score (nSPS) is 11.7. The molecule has 1 amide bonds. The SMILES string of the molecule is COc1cccc(OCc2ccccc2)c1-c1cc(C(=O)N[C@H](CC(=O)O)CC(C)C)nn1-c1ccc(Cl)cc1. The number of amides is 1.